The third-order valence-corrected chi connectivity index (χ3v) is 3.49. The van der Waals surface area contributed by atoms with E-state index in [2.05, 4.69) is 4.74 Å². The standard InChI is InChI=1S/C9H11NO5S/c10-9(12)15-5-6-16(13,14)8-3-1-7(11)2-4-8/h1-4,11H,5-6H2,(H2,10,12). The van der Waals surface area contributed by atoms with Crippen LogP contribution in [-0.4, -0.2) is 32.0 Å². The molecule has 0 heterocycles. The van der Waals surface area contributed by atoms with Crippen LogP contribution in [0.5, 0.6) is 5.75 Å². The fourth-order valence-corrected chi connectivity index (χ4v) is 2.11. The number of amides is 1. The average molecular weight is 245 g/mol. The Morgan fingerprint density at radius 2 is 1.88 bits per heavy atom. The number of phenols is 1. The molecule has 0 spiro atoms. The fraction of sp³-hybridized carbons (Fsp3) is 0.222. The van der Waals surface area contributed by atoms with Crippen molar-refractivity contribution in [1.29, 1.82) is 0 Å². The molecule has 0 unspecified atom stereocenters. The Balaban J connectivity index is 2.71. The van der Waals surface area contributed by atoms with Crippen LogP contribution in [-0.2, 0) is 14.6 Å². The summed E-state index contributed by atoms with van der Waals surface area (Å²) in [5.41, 5.74) is 4.69. The van der Waals surface area contributed by atoms with Crippen molar-refractivity contribution in [2.75, 3.05) is 12.4 Å². The molecule has 0 saturated heterocycles. The molecule has 0 radical (unpaired) electrons. The van der Waals surface area contributed by atoms with Gasteiger partial charge in [0, 0.05) is 0 Å². The molecule has 0 bridgehead atoms. The Hall–Kier alpha value is -1.76. The lowest BCUT2D eigenvalue weighted by atomic mass is 10.3. The normalized spacial score (nSPS) is 11.0. The topological polar surface area (TPSA) is 107 Å². The van der Waals surface area contributed by atoms with Crippen LogP contribution in [0.25, 0.3) is 0 Å². The molecule has 0 aliphatic carbocycles. The number of rotatable bonds is 4. The van der Waals surface area contributed by atoms with Crippen LogP contribution >= 0.6 is 0 Å². The van der Waals surface area contributed by atoms with E-state index in [0.29, 0.717) is 0 Å². The maximum atomic E-state index is 11.6. The molecule has 0 atom stereocenters. The van der Waals surface area contributed by atoms with Crippen LogP contribution in [0.15, 0.2) is 29.2 Å². The Bertz CT molecular complexity index is 465. The van der Waals surface area contributed by atoms with Crippen LogP contribution in [0.3, 0.4) is 0 Å². The number of aromatic hydroxyl groups is 1. The quantitative estimate of drug-likeness (QED) is 0.791. The molecule has 16 heavy (non-hydrogen) atoms. The minimum atomic E-state index is -3.52. The molecule has 0 aliphatic heterocycles. The smallest absolute Gasteiger partial charge is 0.404 e. The number of carbonyl (C=O) groups is 1. The van der Waals surface area contributed by atoms with Gasteiger partial charge in [0.05, 0.1) is 10.6 Å². The lowest BCUT2D eigenvalue weighted by molar-refractivity contribution is 0.163. The zero-order valence-corrected chi connectivity index (χ0v) is 9.11. The first-order chi connectivity index (χ1) is 7.42. The van der Waals surface area contributed by atoms with Crippen molar-refractivity contribution >= 4 is 15.9 Å². The molecule has 6 nitrogen and oxygen atoms in total. The number of nitrogens with two attached hydrogens (primary N) is 1. The Morgan fingerprint density at radius 3 is 2.38 bits per heavy atom. The number of hydrogen-bond donors (Lipinski definition) is 2. The van der Waals surface area contributed by atoms with Gasteiger partial charge >= 0.3 is 6.09 Å². The summed E-state index contributed by atoms with van der Waals surface area (Å²) in [7, 11) is -3.52. The van der Waals surface area contributed by atoms with E-state index in [0.717, 1.165) is 0 Å². The molecular weight excluding hydrogens is 234 g/mol. The van der Waals surface area contributed by atoms with E-state index in [1.165, 1.54) is 24.3 Å². The summed E-state index contributed by atoms with van der Waals surface area (Å²) in [5.74, 6) is -0.367. The molecule has 88 valence electrons. The van der Waals surface area contributed by atoms with Crippen LogP contribution in [0.4, 0.5) is 4.79 Å². The van der Waals surface area contributed by atoms with E-state index in [1.54, 1.807) is 0 Å². The number of benzene rings is 1. The molecule has 1 rings (SSSR count). The fourth-order valence-electron chi connectivity index (χ4n) is 1.02. The maximum Gasteiger partial charge on any atom is 0.404 e. The molecular formula is C9H11NO5S. The number of hydrogen-bond acceptors (Lipinski definition) is 5. The van der Waals surface area contributed by atoms with Gasteiger partial charge < -0.3 is 15.6 Å². The number of primary amides is 1. The van der Waals surface area contributed by atoms with Crippen molar-refractivity contribution in [3.63, 3.8) is 0 Å². The third-order valence-electron chi connectivity index (χ3n) is 1.79. The lowest BCUT2D eigenvalue weighted by Crippen LogP contribution is -2.19. The Morgan fingerprint density at radius 1 is 1.31 bits per heavy atom. The van der Waals surface area contributed by atoms with Crippen molar-refractivity contribution in [2.24, 2.45) is 5.73 Å². The minimum absolute atomic E-state index is 0.0210. The molecule has 1 amide bonds. The van der Waals surface area contributed by atoms with E-state index < -0.39 is 15.9 Å². The van der Waals surface area contributed by atoms with Crippen molar-refractivity contribution in [1.82, 2.24) is 0 Å². The predicted molar refractivity (Wildman–Crippen MR) is 55.7 cm³/mol. The van der Waals surface area contributed by atoms with Crippen LogP contribution in [0.1, 0.15) is 0 Å². The highest BCUT2D eigenvalue weighted by atomic mass is 32.2. The zero-order chi connectivity index (χ0) is 12.2. The van der Waals surface area contributed by atoms with Crippen LogP contribution < -0.4 is 5.73 Å². The highest BCUT2D eigenvalue weighted by Gasteiger charge is 2.14. The van der Waals surface area contributed by atoms with Crippen molar-refractivity contribution in [3.8, 4) is 5.75 Å². The lowest BCUT2D eigenvalue weighted by Gasteiger charge is -2.04. The second-order valence-corrected chi connectivity index (χ2v) is 5.09. The first-order valence-electron chi connectivity index (χ1n) is 4.36. The van der Waals surface area contributed by atoms with E-state index >= 15 is 0 Å². The summed E-state index contributed by atoms with van der Waals surface area (Å²) in [6.07, 6.45) is -1.01. The molecule has 1 aromatic carbocycles. The number of carbonyl (C=O) groups excluding carboxylic acids is 1. The third kappa shape index (κ3) is 3.43. The van der Waals surface area contributed by atoms with E-state index in [9.17, 15) is 13.2 Å². The summed E-state index contributed by atoms with van der Waals surface area (Å²) >= 11 is 0. The van der Waals surface area contributed by atoms with Gasteiger partial charge in [-0.1, -0.05) is 0 Å². The van der Waals surface area contributed by atoms with Crippen molar-refractivity contribution in [2.45, 2.75) is 4.90 Å². The summed E-state index contributed by atoms with van der Waals surface area (Å²) in [6.45, 7) is -0.293. The van der Waals surface area contributed by atoms with Gasteiger partial charge in [0.25, 0.3) is 0 Å². The number of phenolic OH excluding ortho intramolecular Hbond substituents is 1. The second kappa shape index (κ2) is 4.84. The SMILES string of the molecule is NC(=O)OCCS(=O)(=O)c1ccc(O)cc1. The molecule has 0 fully saturated rings. The zero-order valence-electron chi connectivity index (χ0n) is 8.29. The van der Waals surface area contributed by atoms with Gasteiger partial charge in [0.2, 0.25) is 0 Å². The maximum absolute atomic E-state index is 11.6. The minimum Gasteiger partial charge on any atom is -0.508 e. The molecule has 0 aliphatic rings. The van der Waals surface area contributed by atoms with E-state index in [-0.39, 0.29) is 23.0 Å². The highest BCUT2D eigenvalue weighted by molar-refractivity contribution is 7.91. The van der Waals surface area contributed by atoms with Crippen LogP contribution in [0.2, 0.25) is 0 Å². The average Bonchev–Trinajstić information content (AvgIpc) is 2.17. The van der Waals surface area contributed by atoms with E-state index in [4.69, 9.17) is 10.8 Å². The first kappa shape index (κ1) is 12.3. The summed E-state index contributed by atoms with van der Waals surface area (Å²) in [5, 5.41) is 8.99. The second-order valence-electron chi connectivity index (χ2n) is 2.98. The summed E-state index contributed by atoms with van der Waals surface area (Å²) in [6, 6.07) is 5.08. The van der Waals surface area contributed by atoms with Crippen molar-refractivity contribution in [3.05, 3.63) is 24.3 Å². The first-order valence-corrected chi connectivity index (χ1v) is 6.01. The van der Waals surface area contributed by atoms with E-state index in [1.807, 2.05) is 0 Å². The monoisotopic (exact) mass is 245 g/mol. The Kier molecular flexibility index (Phi) is 3.73. The van der Waals surface area contributed by atoms with Gasteiger partial charge in [-0.2, -0.15) is 0 Å². The molecule has 7 heteroatoms. The van der Waals surface area contributed by atoms with Gasteiger partial charge in [0.1, 0.15) is 12.4 Å². The van der Waals surface area contributed by atoms with Gasteiger partial charge in [-0.15, -0.1) is 0 Å². The predicted octanol–water partition coefficient (Wildman–Crippen LogP) is 0.261. The number of sulfone groups is 1. The molecule has 1 aromatic rings. The summed E-state index contributed by atoms with van der Waals surface area (Å²) < 4.78 is 27.6. The summed E-state index contributed by atoms with van der Waals surface area (Å²) in [4.78, 5) is 10.3. The molecule has 3 N–H and O–H groups in total. The van der Waals surface area contributed by atoms with Crippen LogP contribution in [0, 0.1) is 0 Å². The molecule has 0 aromatic heterocycles. The van der Waals surface area contributed by atoms with Gasteiger partial charge in [-0.25, -0.2) is 13.2 Å². The van der Waals surface area contributed by atoms with Gasteiger partial charge in [-0.3, -0.25) is 0 Å². The van der Waals surface area contributed by atoms with Gasteiger partial charge in [-0.05, 0) is 24.3 Å². The van der Waals surface area contributed by atoms with Gasteiger partial charge in [0.15, 0.2) is 9.84 Å². The number of ether oxygens (including phenoxy) is 1. The van der Waals surface area contributed by atoms with Crippen molar-refractivity contribution < 1.29 is 23.1 Å². The molecule has 0 saturated carbocycles. The highest BCUT2D eigenvalue weighted by Crippen LogP contribution is 2.15. The largest absolute Gasteiger partial charge is 0.508 e. The Labute approximate surface area is 92.6 Å².